The van der Waals surface area contributed by atoms with Crippen molar-refractivity contribution in [2.24, 2.45) is 0 Å². The van der Waals surface area contributed by atoms with Crippen molar-refractivity contribution in [2.75, 3.05) is 0 Å². The van der Waals surface area contributed by atoms with Crippen LogP contribution in [0.3, 0.4) is 0 Å². The first kappa shape index (κ1) is 25.8. The van der Waals surface area contributed by atoms with Crippen LogP contribution in [0.2, 0.25) is 0 Å². The lowest BCUT2D eigenvalue weighted by atomic mass is 9.88. The summed E-state index contributed by atoms with van der Waals surface area (Å²) in [7, 11) is 0. The monoisotopic (exact) mass is 608 g/mol. The number of fused-ring (bicyclic) bond motifs is 6. The lowest BCUT2D eigenvalue weighted by Gasteiger charge is -2.21. The highest BCUT2D eigenvalue weighted by Crippen LogP contribution is 2.46. The Kier molecular flexibility index (Phi) is 5.14. The van der Waals surface area contributed by atoms with E-state index < -0.39 is 0 Å². The first-order chi connectivity index (χ1) is 23.8. The number of rotatable bonds is 3. The summed E-state index contributed by atoms with van der Waals surface area (Å²) >= 11 is 0. The second-order valence-corrected chi connectivity index (χ2v) is 12.9. The molecule has 11 aromatic rings. The third kappa shape index (κ3) is 3.36. The predicted octanol–water partition coefficient (Wildman–Crippen LogP) is 12.4. The zero-order chi connectivity index (χ0) is 31.3. The Balaban J connectivity index is 1.33. The van der Waals surface area contributed by atoms with Crippen molar-refractivity contribution in [3.8, 4) is 22.5 Å². The minimum absolute atomic E-state index is 1.20. The minimum Gasteiger partial charge on any atom is -0.309 e. The largest absolute Gasteiger partial charge is 0.309 e. The molecular formula is C46H28N2. The molecule has 2 aromatic heterocycles. The lowest BCUT2D eigenvalue weighted by molar-refractivity contribution is 1.20. The average Bonchev–Trinajstić information content (AvgIpc) is 3.67. The standard InChI is InChI=1S/C46H28N2/c1-2-12-29(13-3-1)38-28-44(48-41-20-10-6-16-33(41)34-17-7-11-21-42(34)48)37-26-25-36-43(27-23-30-22-24-35(38)46(37)45(30)36)47-39-18-8-4-14-31(39)32-15-5-9-19-40(32)47/h1-28H. The van der Waals surface area contributed by atoms with Crippen LogP contribution >= 0.6 is 0 Å². The Labute approximate surface area is 276 Å². The normalized spacial score (nSPS) is 12.2. The molecule has 0 saturated heterocycles. The van der Waals surface area contributed by atoms with Gasteiger partial charge >= 0.3 is 0 Å². The topological polar surface area (TPSA) is 9.86 Å². The number of hydrogen-bond acceptors (Lipinski definition) is 0. The molecule has 0 atom stereocenters. The Hall–Kier alpha value is -6.38. The molecule has 0 saturated carbocycles. The summed E-state index contributed by atoms with van der Waals surface area (Å²) in [5.74, 6) is 0. The Morgan fingerprint density at radius 2 is 0.729 bits per heavy atom. The quantitative estimate of drug-likeness (QED) is 0.177. The van der Waals surface area contributed by atoms with Crippen LogP contribution in [0.5, 0.6) is 0 Å². The fourth-order valence-electron chi connectivity index (χ4n) is 8.46. The Morgan fingerprint density at radius 3 is 1.29 bits per heavy atom. The maximum absolute atomic E-state index is 2.48. The van der Waals surface area contributed by atoms with Crippen LogP contribution in [0.15, 0.2) is 170 Å². The van der Waals surface area contributed by atoms with Crippen LogP contribution in [0.1, 0.15) is 0 Å². The van der Waals surface area contributed by atoms with Gasteiger partial charge < -0.3 is 9.13 Å². The molecule has 0 aliphatic carbocycles. The maximum atomic E-state index is 2.48. The molecular weight excluding hydrogens is 581 g/mol. The van der Waals surface area contributed by atoms with Gasteiger partial charge in [-0.15, -0.1) is 0 Å². The van der Waals surface area contributed by atoms with Crippen LogP contribution < -0.4 is 0 Å². The van der Waals surface area contributed by atoms with E-state index in [0.29, 0.717) is 0 Å². The van der Waals surface area contributed by atoms with Gasteiger partial charge in [-0.2, -0.15) is 0 Å². The van der Waals surface area contributed by atoms with Crippen molar-refractivity contribution in [1.29, 1.82) is 0 Å². The summed E-state index contributed by atoms with van der Waals surface area (Å²) in [5, 5.41) is 12.8. The Morgan fingerprint density at radius 1 is 0.292 bits per heavy atom. The maximum Gasteiger partial charge on any atom is 0.0547 e. The molecule has 11 rings (SSSR count). The van der Waals surface area contributed by atoms with Gasteiger partial charge in [0.2, 0.25) is 0 Å². The van der Waals surface area contributed by atoms with E-state index in [1.54, 1.807) is 0 Å². The van der Waals surface area contributed by atoms with Gasteiger partial charge in [-0.3, -0.25) is 0 Å². The van der Waals surface area contributed by atoms with Gasteiger partial charge in [0.1, 0.15) is 0 Å². The predicted molar refractivity (Wildman–Crippen MR) is 204 cm³/mol. The van der Waals surface area contributed by atoms with Gasteiger partial charge in [0.25, 0.3) is 0 Å². The van der Waals surface area contributed by atoms with Gasteiger partial charge in [-0.25, -0.2) is 0 Å². The van der Waals surface area contributed by atoms with Gasteiger partial charge in [0.15, 0.2) is 0 Å². The molecule has 2 heteroatoms. The van der Waals surface area contributed by atoms with E-state index >= 15 is 0 Å². The lowest BCUT2D eigenvalue weighted by Crippen LogP contribution is -2.00. The molecule has 0 spiro atoms. The number of nitrogens with zero attached hydrogens (tertiary/aromatic N) is 2. The van der Waals surface area contributed by atoms with E-state index in [0.717, 1.165) is 0 Å². The van der Waals surface area contributed by atoms with Crippen LogP contribution in [-0.2, 0) is 0 Å². The summed E-state index contributed by atoms with van der Waals surface area (Å²) in [5.41, 5.74) is 9.77. The van der Waals surface area contributed by atoms with E-state index in [1.807, 2.05) is 0 Å². The molecule has 9 aromatic carbocycles. The van der Waals surface area contributed by atoms with Crippen molar-refractivity contribution in [1.82, 2.24) is 9.13 Å². The highest BCUT2D eigenvalue weighted by atomic mass is 15.0. The molecule has 0 unspecified atom stereocenters. The second-order valence-electron chi connectivity index (χ2n) is 12.9. The van der Waals surface area contributed by atoms with E-state index in [4.69, 9.17) is 0 Å². The van der Waals surface area contributed by atoms with Crippen LogP contribution in [0, 0.1) is 0 Å². The molecule has 0 amide bonds. The summed E-state index contributed by atoms with van der Waals surface area (Å²) < 4.78 is 4.94. The van der Waals surface area contributed by atoms with Gasteiger partial charge in [-0.1, -0.05) is 133 Å². The van der Waals surface area contributed by atoms with Crippen LogP contribution in [-0.4, -0.2) is 9.13 Å². The fraction of sp³-hybridized carbons (Fsp3) is 0. The molecule has 0 aliphatic rings. The van der Waals surface area contributed by atoms with Crippen molar-refractivity contribution >= 4 is 75.9 Å². The second kappa shape index (κ2) is 9.57. The van der Waals surface area contributed by atoms with Crippen LogP contribution in [0.4, 0.5) is 0 Å². The molecule has 0 fully saturated rings. The van der Waals surface area contributed by atoms with E-state index in [2.05, 4.69) is 179 Å². The molecule has 0 aliphatic heterocycles. The minimum atomic E-state index is 1.20. The number of benzene rings is 9. The summed E-state index contributed by atoms with van der Waals surface area (Å²) in [4.78, 5) is 0. The van der Waals surface area contributed by atoms with Gasteiger partial charge in [0, 0.05) is 37.7 Å². The Bertz CT molecular complexity index is 2940. The molecule has 0 radical (unpaired) electrons. The summed E-state index contributed by atoms with van der Waals surface area (Å²) in [6, 6.07) is 62.5. The SMILES string of the molecule is c1ccc(-c2cc(-n3c4ccccc4c4ccccc43)c3ccc4c(-n5c6ccccc6c6ccccc65)ccc5ccc2c3c54)cc1. The smallest absolute Gasteiger partial charge is 0.0547 e. The third-order valence-corrected chi connectivity index (χ3v) is 10.5. The molecule has 222 valence electrons. The van der Waals surface area contributed by atoms with E-state index in [1.165, 1.54) is 98.4 Å². The highest BCUT2D eigenvalue weighted by Gasteiger charge is 2.22. The first-order valence-corrected chi connectivity index (χ1v) is 16.6. The average molecular weight is 609 g/mol. The van der Waals surface area contributed by atoms with E-state index in [9.17, 15) is 0 Å². The molecule has 0 N–H and O–H groups in total. The number of hydrogen-bond donors (Lipinski definition) is 0. The molecule has 2 heterocycles. The zero-order valence-corrected chi connectivity index (χ0v) is 26.1. The zero-order valence-electron chi connectivity index (χ0n) is 26.1. The molecule has 0 bridgehead atoms. The van der Waals surface area contributed by atoms with Gasteiger partial charge in [0.05, 0.1) is 33.4 Å². The van der Waals surface area contributed by atoms with Crippen molar-refractivity contribution < 1.29 is 0 Å². The van der Waals surface area contributed by atoms with Gasteiger partial charge in [-0.05, 0) is 63.7 Å². The highest BCUT2D eigenvalue weighted by molar-refractivity contribution is 6.29. The van der Waals surface area contributed by atoms with Crippen LogP contribution in [0.25, 0.3) is 98.4 Å². The molecule has 2 nitrogen and oxygen atoms in total. The molecule has 48 heavy (non-hydrogen) atoms. The summed E-state index contributed by atoms with van der Waals surface area (Å²) in [6.07, 6.45) is 0. The van der Waals surface area contributed by atoms with Crippen molar-refractivity contribution in [3.05, 3.63) is 170 Å². The van der Waals surface area contributed by atoms with E-state index in [-0.39, 0.29) is 0 Å². The first-order valence-electron chi connectivity index (χ1n) is 16.6. The van der Waals surface area contributed by atoms with Crippen molar-refractivity contribution in [3.63, 3.8) is 0 Å². The van der Waals surface area contributed by atoms with Crippen molar-refractivity contribution in [2.45, 2.75) is 0 Å². The summed E-state index contributed by atoms with van der Waals surface area (Å²) in [6.45, 7) is 0. The third-order valence-electron chi connectivity index (χ3n) is 10.5. The number of para-hydroxylation sites is 4. The fourth-order valence-corrected chi connectivity index (χ4v) is 8.46. The number of aromatic nitrogens is 2.